The Bertz CT molecular complexity index is 1000. The molecule has 1 heterocycles. The smallest absolute Gasteiger partial charge is 0.324 e. The van der Waals surface area contributed by atoms with Gasteiger partial charge >= 0.3 is 5.69 Å². The van der Waals surface area contributed by atoms with Crippen LogP contribution in [0.25, 0.3) is 11.3 Å². The lowest BCUT2D eigenvalue weighted by Gasteiger charge is -2.15. The van der Waals surface area contributed by atoms with Crippen molar-refractivity contribution in [2.45, 2.75) is 19.9 Å². The van der Waals surface area contributed by atoms with Gasteiger partial charge in [-0.15, -0.1) is 0 Å². The molecule has 3 rings (SSSR count). The van der Waals surface area contributed by atoms with Crippen LogP contribution in [-0.4, -0.2) is 20.7 Å². The first-order valence-corrected chi connectivity index (χ1v) is 8.04. The minimum atomic E-state index is -0.871. The number of carbonyl (C=O) groups is 1. The highest BCUT2D eigenvalue weighted by Gasteiger charge is 2.19. The van der Waals surface area contributed by atoms with Crippen LogP contribution < -0.4 is 11.0 Å². The largest absolute Gasteiger partial charge is 0.365 e. The Morgan fingerprint density at radius 2 is 1.92 bits per heavy atom. The minimum absolute atomic E-state index is 0.382. The first-order valence-electron chi connectivity index (χ1n) is 8.04. The van der Waals surface area contributed by atoms with E-state index in [1.54, 1.807) is 13.8 Å². The summed E-state index contributed by atoms with van der Waals surface area (Å²) in [5, 5.41) is 6.75. The van der Waals surface area contributed by atoms with E-state index < -0.39 is 17.6 Å². The quantitative estimate of drug-likeness (QED) is 0.783. The van der Waals surface area contributed by atoms with Crippen molar-refractivity contribution in [2.24, 2.45) is 0 Å². The van der Waals surface area contributed by atoms with Gasteiger partial charge in [-0.25, -0.2) is 13.9 Å². The zero-order chi connectivity index (χ0) is 18.7. The number of anilines is 1. The number of benzene rings is 2. The van der Waals surface area contributed by atoms with Crippen LogP contribution in [-0.2, 0) is 4.79 Å². The third kappa shape index (κ3) is 3.66. The number of aromatic nitrogens is 3. The number of hydrogen-bond donors (Lipinski definition) is 1. The molecule has 1 aromatic heterocycles. The molecule has 0 radical (unpaired) electrons. The van der Waals surface area contributed by atoms with Gasteiger partial charge in [0.05, 0.1) is 11.9 Å². The van der Waals surface area contributed by atoms with Crippen LogP contribution in [0.15, 0.2) is 59.5 Å². The molecule has 0 unspecified atom stereocenters. The molecule has 0 fully saturated rings. The summed E-state index contributed by atoms with van der Waals surface area (Å²) in [7, 11) is 0. The maximum absolute atomic E-state index is 13.2. The second-order valence-corrected chi connectivity index (χ2v) is 5.86. The average molecular weight is 352 g/mol. The normalized spacial score (nSPS) is 11.8. The van der Waals surface area contributed by atoms with E-state index in [1.807, 2.05) is 30.3 Å². The standard InChI is InChI=1S/C19H17FN4O2/c1-12-10-15(20)8-9-16(12)22-18(25)13(2)24-19(26)23-17(11-21-24)14-6-4-3-5-7-14/h3-11,13H,1-2H3,(H,22,25)/t13-/m0/s1. The summed E-state index contributed by atoms with van der Waals surface area (Å²) < 4.78 is 14.2. The van der Waals surface area contributed by atoms with Crippen LogP contribution in [0.1, 0.15) is 18.5 Å². The van der Waals surface area contributed by atoms with E-state index in [4.69, 9.17) is 0 Å². The molecule has 26 heavy (non-hydrogen) atoms. The van der Waals surface area contributed by atoms with Crippen molar-refractivity contribution in [2.75, 3.05) is 5.32 Å². The molecule has 0 aliphatic heterocycles. The molecule has 0 saturated carbocycles. The number of halogens is 1. The van der Waals surface area contributed by atoms with Crippen molar-refractivity contribution >= 4 is 11.6 Å². The van der Waals surface area contributed by atoms with Gasteiger partial charge in [-0.1, -0.05) is 30.3 Å². The summed E-state index contributed by atoms with van der Waals surface area (Å²) >= 11 is 0. The Morgan fingerprint density at radius 1 is 1.19 bits per heavy atom. The Labute approximate surface area is 149 Å². The molecule has 1 atom stereocenters. The fourth-order valence-corrected chi connectivity index (χ4v) is 2.48. The van der Waals surface area contributed by atoms with Gasteiger partial charge in [0.2, 0.25) is 5.91 Å². The van der Waals surface area contributed by atoms with Gasteiger partial charge in [0.15, 0.2) is 0 Å². The van der Waals surface area contributed by atoms with Crippen LogP contribution in [0.4, 0.5) is 10.1 Å². The molecule has 0 spiro atoms. The monoisotopic (exact) mass is 352 g/mol. The minimum Gasteiger partial charge on any atom is -0.324 e. The van der Waals surface area contributed by atoms with E-state index in [0.29, 0.717) is 16.9 Å². The lowest BCUT2D eigenvalue weighted by atomic mass is 10.2. The maximum Gasteiger partial charge on any atom is 0.365 e. The van der Waals surface area contributed by atoms with Crippen molar-refractivity contribution in [1.29, 1.82) is 0 Å². The second kappa shape index (κ2) is 7.26. The van der Waals surface area contributed by atoms with Crippen LogP contribution in [0.2, 0.25) is 0 Å². The summed E-state index contributed by atoms with van der Waals surface area (Å²) in [6, 6.07) is 12.4. The lowest BCUT2D eigenvalue weighted by Crippen LogP contribution is -2.35. The van der Waals surface area contributed by atoms with Gasteiger partial charge in [-0.2, -0.15) is 10.1 Å². The van der Waals surface area contributed by atoms with Crippen molar-refractivity contribution < 1.29 is 9.18 Å². The zero-order valence-electron chi connectivity index (χ0n) is 14.3. The lowest BCUT2D eigenvalue weighted by molar-refractivity contribution is -0.119. The molecule has 0 aliphatic rings. The van der Waals surface area contributed by atoms with Crippen LogP contribution >= 0.6 is 0 Å². The Hall–Kier alpha value is -3.35. The first kappa shape index (κ1) is 17.5. The predicted octanol–water partition coefficient (Wildman–Crippen LogP) is 2.95. The molecule has 132 valence electrons. The molecule has 7 heteroatoms. The number of nitrogens with one attached hydrogen (secondary N) is 1. The number of amides is 1. The number of carbonyl (C=O) groups excluding carboxylic acids is 1. The predicted molar refractivity (Wildman–Crippen MR) is 96.2 cm³/mol. The highest BCUT2D eigenvalue weighted by molar-refractivity contribution is 5.94. The van der Waals surface area contributed by atoms with Gasteiger partial charge in [-0.05, 0) is 37.6 Å². The number of rotatable bonds is 4. The van der Waals surface area contributed by atoms with Crippen molar-refractivity contribution in [3.05, 3.63) is 76.6 Å². The summed E-state index contributed by atoms with van der Waals surface area (Å²) in [5.41, 5.74) is 1.65. The SMILES string of the molecule is Cc1cc(F)ccc1NC(=O)[C@H](C)n1ncc(-c2ccccc2)nc1=O. The highest BCUT2D eigenvalue weighted by atomic mass is 19.1. The summed E-state index contributed by atoms with van der Waals surface area (Å²) in [6.07, 6.45) is 1.45. The average Bonchev–Trinajstić information content (AvgIpc) is 2.64. The van der Waals surface area contributed by atoms with E-state index in [-0.39, 0.29) is 5.82 Å². The van der Waals surface area contributed by atoms with E-state index in [2.05, 4.69) is 15.4 Å². The van der Waals surface area contributed by atoms with E-state index in [0.717, 1.165) is 10.2 Å². The molecule has 1 N–H and O–H groups in total. The highest BCUT2D eigenvalue weighted by Crippen LogP contribution is 2.18. The first-order chi connectivity index (χ1) is 12.5. The Kier molecular flexibility index (Phi) is 4.88. The van der Waals surface area contributed by atoms with E-state index in [9.17, 15) is 14.0 Å². The molecule has 0 bridgehead atoms. The van der Waals surface area contributed by atoms with Gasteiger partial charge in [-0.3, -0.25) is 4.79 Å². The van der Waals surface area contributed by atoms with Crippen LogP contribution in [0.5, 0.6) is 0 Å². The van der Waals surface area contributed by atoms with Crippen LogP contribution in [0, 0.1) is 12.7 Å². The molecule has 2 aromatic carbocycles. The summed E-state index contributed by atoms with van der Waals surface area (Å²) in [5.74, 6) is -0.823. The number of hydrogen-bond acceptors (Lipinski definition) is 4. The second-order valence-electron chi connectivity index (χ2n) is 5.86. The fourth-order valence-electron chi connectivity index (χ4n) is 2.48. The molecule has 1 amide bonds. The molecular formula is C19H17FN4O2. The molecule has 6 nitrogen and oxygen atoms in total. The maximum atomic E-state index is 13.2. The fraction of sp³-hybridized carbons (Fsp3) is 0.158. The summed E-state index contributed by atoms with van der Waals surface area (Å²) in [6.45, 7) is 3.23. The van der Waals surface area contributed by atoms with Crippen molar-refractivity contribution in [3.8, 4) is 11.3 Å². The van der Waals surface area contributed by atoms with Gasteiger partial charge in [0, 0.05) is 11.3 Å². The van der Waals surface area contributed by atoms with E-state index in [1.165, 1.54) is 24.4 Å². The Balaban J connectivity index is 1.82. The number of nitrogens with zero attached hydrogens (tertiary/aromatic N) is 3. The third-order valence-corrected chi connectivity index (χ3v) is 3.98. The summed E-state index contributed by atoms with van der Waals surface area (Å²) in [4.78, 5) is 28.7. The van der Waals surface area contributed by atoms with E-state index >= 15 is 0 Å². The van der Waals surface area contributed by atoms with Gasteiger partial charge in [0.1, 0.15) is 11.9 Å². The van der Waals surface area contributed by atoms with Gasteiger partial charge in [0.25, 0.3) is 0 Å². The number of aryl methyl sites for hydroxylation is 1. The van der Waals surface area contributed by atoms with Crippen molar-refractivity contribution in [3.63, 3.8) is 0 Å². The van der Waals surface area contributed by atoms with Crippen molar-refractivity contribution in [1.82, 2.24) is 14.8 Å². The van der Waals surface area contributed by atoms with Crippen LogP contribution in [0.3, 0.4) is 0 Å². The molecule has 0 aliphatic carbocycles. The molecule has 3 aromatic rings. The van der Waals surface area contributed by atoms with Gasteiger partial charge < -0.3 is 5.32 Å². The molecule has 0 saturated heterocycles. The molecular weight excluding hydrogens is 335 g/mol. The zero-order valence-corrected chi connectivity index (χ0v) is 14.3. The topological polar surface area (TPSA) is 76.9 Å². The third-order valence-electron chi connectivity index (χ3n) is 3.98. The Morgan fingerprint density at radius 3 is 2.58 bits per heavy atom.